The number of likely N-dealkylation sites (tertiary alicyclic amines) is 1. The average Bonchev–Trinajstić information content (AvgIpc) is 3.00. The number of carbonyl (C=O) groups excluding carboxylic acids is 1. The molecule has 1 unspecified atom stereocenters. The van der Waals surface area contributed by atoms with Crippen LogP contribution in [0.1, 0.15) is 24.3 Å². The van der Waals surface area contributed by atoms with Crippen LogP contribution in [0.5, 0.6) is 0 Å². The van der Waals surface area contributed by atoms with Crippen molar-refractivity contribution < 1.29 is 9.53 Å². The molecule has 1 N–H and O–H groups in total. The molecule has 0 saturated carbocycles. The molecule has 2 fully saturated rings. The molecule has 22 heavy (non-hydrogen) atoms. The SMILES string of the molecule is COC(=O)[C@@H]1CN(CC2CCCNC2)C[C@H]1c1ccccc1. The molecule has 2 heterocycles. The number of nitrogens with one attached hydrogen (secondary N) is 1. The molecule has 4 heteroatoms. The second-order valence-corrected chi connectivity index (χ2v) is 6.58. The zero-order valence-corrected chi connectivity index (χ0v) is 13.3. The summed E-state index contributed by atoms with van der Waals surface area (Å²) in [7, 11) is 1.50. The van der Waals surface area contributed by atoms with Crippen molar-refractivity contribution in [1.29, 1.82) is 0 Å². The van der Waals surface area contributed by atoms with Crippen molar-refractivity contribution in [3.63, 3.8) is 0 Å². The number of ether oxygens (including phenoxy) is 1. The van der Waals surface area contributed by atoms with Gasteiger partial charge >= 0.3 is 5.97 Å². The van der Waals surface area contributed by atoms with Gasteiger partial charge in [0.1, 0.15) is 0 Å². The standard InChI is InChI=1S/C18H26N2O2/c1-22-18(21)17-13-20(11-14-6-5-9-19-10-14)12-16(17)15-7-3-2-4-8-15/h2-4,7-8,14,16-17,19H,5-6,9-13H2,1H3/t14?,16-,17+/m0/s1. The van der Waals surface area contributed by atoms with Gasteiger partial charge in [-0.05, 0) is 37.4 Å². The third-order valence-electron chi connectivity index (χ3n) is 5.04. The molecule has 0 spiro atoms. The minimum Gasteiger partial charge on any atom is -0.469 e. The summed E-state index contributed by atoms with van der Waals surface area (Å²) in [6.07, 6.45) is 2.56. The van der Waals surface area contributed by atoms with Crippen LogP contribution in [0.3, 0.4) is 0 Å². The van der Waals surface area contributed by atoms with Gasteiger partial charge in [-0.2, -0.15) is 0 Å². The van der Waals surface area contributed by atoms with E-state index >= 15 is 0 Å². The lowest BCUT2D eigenvalue weighted by Gasteiger charge is -2.27. The Morgan fingerprint density at radius 3 is 2.82 bits per heavy atom. The van der Waals surface area contributed by atoms with Crippen molar-refractivity contribution in [2.75, 3.05) is 39.8 Å². The molecule has 1 aromatic carbocycles. The number of hydrogen-bond donors (Lipinski definition) is 1. The topological polar surface area (TPSA) is 41.6 Å². The van der Waals surface area contributed by atoms with E-state index in [0.29, 0.717) is 5.92 Å². The maximum Gasteiger partial charge on any atom is 0.310 e. The van der Waals surface area contributed by atoms with Crippen LogP contribution in [-0.2, 0) is 9.53 Å². The molecule has 4 nitrogen and oxygen atoms in total. The summed E-state index contributed by atoms with van der Waals surface area (Å²) < 4.78 is 5.05. The molecule has 120 valence electrons. The quantitative estimate of drug-likeness (QED) is 0.862. The monoisotopic (exact) mass is 302 g/mol. The molecule has 2 aliphatic heterocycles. The summed E-state index contributed by atoms with van der Waals surface area (Å²) in [5.74, 6) is 0.855. The van der Waals surface area contributed by atoms with Gasteiger partial charge in [-0.15, -0.1) is 0 Å². The molecule has 2 saturated heterocycles. The van der Waals surface area contributed by atoms with E-state index in [-0.39, 0.29) is 17.8 Å². The van der Waals surface area contributed by atoms with Gasteiger partial charge in [-0.25, -0.2) is 0 Å². The number of methoxy groups -OCH3 is 1. The predicted octanol–water partition coefficient (Wildman–Crippen LogP) is 1.87. The van der Waals surface area contributed by atoms with Gasteiger partial charge in [0.2, 0.25) is 0 Å². The number of hydrogen-bond acceptors (Lipinski definition) is 4. The van der Waals surface area contributed by atoms with Crippen molar-refractivity contribution in [2.45, 2.75) is 18.8 Å². The summed E-state index contributed by atoms with van der Waals surface area (Å²) >= 11 is 0. The fraction of sp³-hybridized carbons (Fsp3) is 0.611. The van der Waals surface area contributed by atoms with Gasteiger partial charge in [-0.3, -0.25) is 4.79 Å². The third kappa shape index (κ3) is 3.50. The Balaban J connectivity index is 1.69. The van der Waals surface area contributed by atoms with E-state index in [1.807, 2.05) is 6.07 Å². The maximum absolute atomic E-state index is 12.2. The molecule has 3 rings (SSSR count). The summed E-state index contributed by atoms with van der Waals surface area (Å²) in [6.45, 7) is 5.12. The van der Waals surface area contributed by atoms with E-state index in [9.17, 15) is 4.79 Å². The number of esters is 1. The van der Waals surface area contributed by atoms with Crippen LogP contribution in [0, 0.1) is 11.8 Å². The smallest absolute Gasteiger partial charge is 0.310 e. The second kappa shape index (κ2) is 7.25. The zero-order chi connectivity index (χ0) is 15.4. The second-order valence-electron chi connectivity index (χ2n) is 6.58. The van der Waals surface area contributed by atoms with Crippen LogP contribution in [0.2, 0.25) is 0 Å². The Bertz CT molecular complexity index is 485. The Morgan fingerprint density at radius 2 is 2.14 bits per heavy atom. The normalized spacial score (nSPS) is 29.4. The maximum atomic E-state index is 12.2. The van der Waals surface area contributed by atoms with Gasteiger partial charge in [-0.1, -0.05) is 30.3 Å². The van der Waals surface area contributed by atoms with Crippen molar-refractivity contribution in [2.24, 2.45) is 11.8 Å². The van der Waals surface area contributed by atoms with Crippen LogP contribution >= 0.6 is 0 Å². The fourth-order valence-electron chi connectivity index (χ4n) is 3.91. The number of nitrogens with zero attached hydrogens (tertiary/aromatic N) is 1. The van der Waals surface area contributed by atoms with Gasteiger partial charge in [0, 0.05) is 25.6 Å². The molecule has 0 radical (unpaired) electrons. The number of carbonyl (C=O) groups is 1. The minimum atomic E-state index is -0.0712. The molecule has 0 aromatic heterocycles. The summed E-state index contributed by atoms with van der Waals surface area (Å²) in [5, 5.41) is 3.48. The van der Waals surface area contributed by atoms with Crippen LogP contribution < -0.4 is 5.32 Å². The molecular formula is C18H26N2O2. The average molecular weight is 302 g/mol. The molecule has 3 atom stereocenters. The van der Waals surface area contributed by atoms with Gasteiger partial charge in [0.15, 0.2) is 0 Å². The first-order chi connectivity index (χ1) is 10.8. The van der Waals surface area contributed by atoms with E-state index in [0.717, 1.165) is 32.7 Å². The van der Waals surface area contributed by atoms with E-state index in [4.69, 9.17) is 4.74 Å². The highest BCUT2D eigenvalue weighted by atomic mass is 16.5. The van der Waals surface area contributed by atoms with Crippen LogP contribution in [0.25, 0.3) is 0 Å². The summed E-state index contributed by atoms with van der Waals surface area (Å²) in [5.41, 5.74) is 1.25. The third-order valence-corrected chi connectivity index (χ3v) is 5.04. The molecular weight excluding hydrogens is 276 g/mol. The first-order valence-corrected chi connectivity index (χ1v) is 8.33. The van der Waals surface area contributed by atoms with Gasteiger partial charge < -0.3 is 15.0 Å². The van der Waals surface area contributed by atoms with Gasteiger partial charge in [0.25, 0.3) is 0 Å². The molecule has 0 amide bonds. The highest BCUT2D eigenvalue weighted by Crippen LogP contribution is 2.34. The van der Waals surface area contributed by atoms with E-state index in [1.165, 1.54) is 25.5 Å². The van der Waals surface area contributed by atoms with Crippen LogP contribution in [-0.4, -0.2) is 50.7 Å². The zero-order valence-electron chi connectivity index (χ0n) is 13.3. The highest BCUT2D eigenvalue weighted by Gasteiger charge is 2.39. The summed E-state index contributed by atoms with van der Waals surface area (Å²) in [6, 6.07) is 10.4. The summed E-state index contributed by atoms with van der Waals surface area (Å²) in [4.78, 5) is 14.6. The molecule has 1 aromatic rings. The Labute approximate surface area is 132 Å². The first-order valence-electron chi connectivity index (χ1n) is 8.33. The number of benzene rings is 1. The Hall–Kier alpha value is -1.39. The number of piperidine rings is 1. The molecule has 0 bridgehead atoms. The molecule has 0 aliphatic carbocycles. The van der Waals surface area contributed by atoms with Gasteiger partial charge in [0.05, 0.1) is 13.0 Å². The molecule has 2 aliphatic rings. The fourth-order valence-corrected chi connectivity index (χ4v) is 3.91. The van der Waals surface area contributed by atoms with Crippen LogP contribution in [0.15, 0.2) is 30.3 Å². The Morgan fingerprint density at radius 1 is 1.32 bits per heavy atom. The lowest BCUT2D eigenvalue weighted by atomic mass is 9.89. The lowest BCUT2D eigenvalue weighted by Crippen LogP contribution is -2.37. The first kappa shape index (κ1) is 15.5. The lowest BCUT2D eigenvalue weighted by molar-refractivity contribution is -0.145. The Kier molecular flexibility index (Phi) is 5.11. The van der Waals surface area contributed by atoms with Crippen molar-refractivity contribution in [3.8, 4) is 0 Å². The van der Waals surface area contributed by atoms with Crippen molar-refractivity contribution in [3.05, 3.63) is 35.9 Å². The van der Waals surface area contributed by atoms with E-state index in [2.05, 4.69) is 34.5 Å². The van der Waals surface area contributed by atoms with E-state index in [1.54, 1.807) is 0 Å². The van der Waals surface area contributed by atoms with E-state index < -0.39 is 0 Å². The van der Waals surface area contributed by atoms with Crippen LogP contribution in [0.4, 0.5) is 0 Å². The largest absolute Gasteiger partial charge is 0.469 e. The predicted molar refractivity (Wildman–Crippen MR) is 86.7 cm³/mol. The highest BCUT2D eigenvalue weighted by molar-refractivity contribution is 5.74. The minimum absolute atomic E-state index is 0.0380. The van der Waals surface area contributed by atoms with Crippen molar-refractivity contribution in [1.82, 2.24) is 10.2 Å². The number of rotatable bonds is 4. The van der Waals surface area contributed by atoms with Crippen molar-refractivity contribution >= 4 is 5.97 Å².